The van der Waals surface area contributed by atoms with E-state index >= 15 is 0 Å². The van der Waals surface area contributed by atoms with Crippen LogP contribution in [0.2, 0.25) is 0 Å². The SMILES string of the molecule is Cc1ncsc1-c1ccc([C@H](C)NC(=O)[C@@H]2C[C@@H](O)CN2C(=O)C(NC(=O)CCOCCOCCC(=O)N2CCN(c3cc(-c4ccccc4O)nnc3N)CC2)C(C)(C)C)cc1. The Bertz CT molecular complexity index is 2210. The largest absolute Gasteiger partial charge is 0.507 e. The molecule has 2 aliphatic heterocycles. The number of carbonyl (C=O) groups excluding carboxylic acids is 4. The predicted molar refractivity (Wildman–Crippen MR) is 240 cm³/mol. The van der Waals surface area contributed by atoms with Gasteiger partial charge in [-0.2, -0.15) is 0 Å². The summed E-state index contributed by atoms with van der Waals surface area (Å²) < 4.78 is 11.3. The van der Waals surface area contributed by atoms with Crippen LogP contribution < -0.4 is 21.3 Å². The highest BCUT2D eigenvalue weighted by atomic mass is 32.1. The number of nitrogens with two attached hydrogens (primary N) is 1. The van der Waals surface area contributed by atoms with Crippen LogP contribution in [0.25, 0.3) is 21.7 Å². The van der Waals surface area contributed by atoms with Crippen LogP contribution in [0.3, 0.4) is 0 Å². The second-order valence-electron chi connectivity index (χ2n) is 17.0. The van der Waals surface area contributed by atoms with E-state index in [2.05, 4.69) is 30.7 Å². The summed E-state index contributed by atoms with van der Waals surface area (Å²) in [5.74, 6) is -0.859. The number of hydrogen-bond donors (Lipinski definition) is 5. The number of phenolic OH excluding ortho intramolecular Hbond substituents is 1. The number of rotatable bonds is 17. The van der Waals surface area contributed by atoms with Crippen molar-refractivity contribution in [3.05, 3.63) is 71.4 Å². The number of aliphatic hydroxyl groups excluding tert-OH is 1. The van der Waals surface area contributed by atoms with E-state index in [1.807, 2.05) is 70.5 Å². The fourth-order valence-corrected chi connectivity index (χ4v) is 8.53. The Kier molecular flexibility index (Phi) is 15.7. The molecule has 2 aliphatic rings. The van der Waals surface area contributed by atoms with Gasteiger partial charge >= 0.3 is 0 Å². The van der Waals surface area contributed by atoms with Crippen LogP contribution in [0.1, 0.15) is 64.3 Å². The Labute approximate surface area is 372 Å². The fraction of sp³-hybridized carbons (Fsp3) is 0.489. The van der Waals surface area contributed by atoms with E-state index in [1.54, 1.807) is 40.5 Å². The lowest BCUT2D eigenvalue weighted by Crippen LogP contribution is -2.58. The van der Waals surface area contributed by atoms with Gasteiger partial charge in [-0.3, -0.25) is 19.2 Å². The molecule has 2 fully saturated rings. The molecule has 2 saturated heterocycles. The first-order chi connectivity index (χ1) is 30.1. The molecule has 6 N–H and O–H groups in total. The number of aromatic hydroxyl groups is 1. The summed E-state index contributed by atoms with van der Waals surface area (Å²) in [5, 5.41) is 35.0. The maximum absolute atomic E-state index is 14.0. The van der Waals surface area contributed by atoms with E-state index in [1.165, 1.54) is 4.90 Å². The number of carbonyl (C=O) groups is 4. The maximum Gasteiger partial charge on any atom is 0.246 e. The molecule has 6 rings (SSSR count). The smallest absolute Gasteiger partial charge is 0.246 e. The molecule has 1 unspecified atom stereocenters. The number of anilines is 2. The molecule has 0 spiro atoms. The molecule has 4 heterocycles. The number of ether oxygens (including phenoxy) is 2. The molecule has 0 saturated carbocycles. The number of nitrogens with one attached hydrogen (secondary N) is 2. The Hall–Kier alpha value is -5.69. The van der Waals surface area contributed by atoms with E-state index in [0.717, 1.165) is 21.7 Å². The van der Waals surface area contributed by atoms with Crippen LogP contribution in [0.15, 0.2) is 60.1 Å². The zero-order valence-electron chi connectivity index (χ0n) is 36.6. The molecule has 18 heteroatoms. The number of amides is 4. The molecule has 4 aromatic rings. The van der Waals surface area contributed by atoms with Crippen molar-refractivity contribution in [3.8, 4) is 27.4 Å². The highest BCUT2D eigenvalue weighted by Crippen LogP contribution is 2.33. The lowest BCUT2D eigenvalue weighted by molar-refractivity contribution is -0.144. The number of piperazine rings is 1. The first-order valence-corrected chi connectivity index (χ1v) is 22.2. The van der Waals surface area contributed by atoms with Crippen molar-refractivity contribution in [3.63, 3.8) is 0 Å². The van der Waals surface area contributed by atoms with E-state index in [9.17, 15) is 29.4 Å². The second kappa shape index (κ2) is 21.1. The maximum atomic E-state index is 14.0. The third kappa shape index (κ3) is 12.1. The van der Waals surface area contributed by atoms with Crippen LogP contribution in [0.4, 0.5) is 11.5 Å². The van der Waals surface area contributed by atoms with Crippen LogP contribution in [0, 0.1) is 12.3 Å². The second-order valence-corrected chi connectivity index (χ2v) is 17.8. The fourth-order valence-electron chi connectivity index (χ4n) is 7.72. The van der Waals surface area contributed by atoms with Crippen LogP contribution in [-0.4, -0.2) is 136 Å². The molecule has 63 heavy (non-hydrogen) atoms. The van der Waals surface area contributed by atoms with Crippen molar-refractivity contribution in [1.82, 2.24) is 35.6 Å². The van der Waals surface area contributed by atoms with E-state index < -0.39 is 29.5 Å². The predicted octanol–water partition coefficient (Wildman–Crippen LogP) is 3.70. The number of phenols is 1. The van der Waals surface area contributed by atoms with Gasteiger partial charge in [0.05, 0.1) is 72.5 Å². The van der Waals surface area contributed by atoms with Crippen LogP contribution in [-0.2, 0) is 28.7 Å². The first kappa shape index (κ1) is 46.8. The Morgan fingerprint density at radius 3 is 2.27 bits per heavy atom. The van der Waals surface area contributed by atoms with Crippen molar-refractivity contribution in [2.24, 2.45) is 5.41 Å². The summed E-state index contributed by atoms with van der Waals surface area (Å²) in [5.41, 5.74) is 11.9. The third-order valence-electron chi connectivity index (χ3n) is 11.3. The Balaban J connectivity index is 0.883. The van der Waals surface area contributed by atoms with Crippen LogP contribution >= 0.6 is 11.3 Å². The molecule has 0 bridgehead atoms. The summed E-state index contributed by atoms with van der Waals surface area (Å²) in [6.07, 6.45) is -0.594. The highest BCUT2D eigenvalue weighted by Gasteiger charge is 2.44. The van der Waals surface area contributed by atoms with E-state index in [0.29, 0.717) is 43.1 Å². The number of thiazole rings is 1. The average molecular weight is 886 g/mol. The molecule has 17 nitrogen and oxygen atoms in total. The summed E-state index contributed by atoms with van der Waals surface area (Å²) in [4.78, 5) is 64.3. The minimum atomic E-state index is -0.955. The quantitative estimate of drug-likeness (QED) is 0.0956. The number of nitrogens with zero attached hydrogens (tertiary/aromatic N) is 6. The summed E-state index contributed by atoms with van der Waals surface area (Å²) >= 11 is 1.57. The summed E-state index contributed by atoms with van der Waals surface area (Å²) in [7, 11) is 0. The molecule has 2 aromatic carbocycles. The van der Waals surface area contributed by atoms with Gasteiger partial charge in [-0.1, -0.05) is 57.2 Å². The average Bonchev–Trinajstić information content (AvgIpc) is 3.88. The summed E-state index contributed by atoms with van der Waals surface area (Å²) in [6.45, 7) is 12.2. The summed E-state index contributed by atoms with van der Waals surface area (Å²) in [6, 6.07) is 14.4. The molecule has 0 aliphatic carbocycles. The number of aromatic nitrogens is 3. The first-order valence-electron chi connectivity index (χ1n) is 21.3. The van der Waals surface area contributed by atoms with Crippen molar-refractivity contribution in [2.45, 2.75) is 78.1 Å². The minimum absolute atomic E-state index is 0.00697. The number of hydrogen-bond acceptors (Lipinski definition) is 14. The number of likely N-dealkylation sites (tertiary alicyclic amines) is 1. The van der Waals surface area contributed by atoms with Gasteiger partial charge in [0.2, 0.25) is 23.6 Å². The monoisotopic (exact) mass is 885 g/mol. The number of β-amino-alcohol motifs (C(OH)–C–C–N with tert-alkyl or cyclic N) is 1. The molecule has 0 radical (unpaired) electrons. The molecule has 4 amide bonds. The Morgan fingerprint density at radius 2 is 1.62 bits per heavy atom. The Morgan fingerprint density at radius 1 is 0.937 bits per heavy atom. The van der Waals surface area contributed by atoms with Crippen molar-refractivity contribution >= 4 is 46.5 Å². The molecule has 338 valence electrons. The topological polar surface area (TPSA) is 226 Å². The third-order valence-corrected chi connectivity index (χ3v) is 12.3. The zero-order chi connectivity index (χ0) is 45.3. The zero-order valence-corrected chi connectivity index (χ0v) is 37.4. The molecular formula is C45H59N9O8S. The highest BCUT2D eigenvalue weighted by molar-refractivity contribution is 7.13. The van der Waals surface area contributed by atoms with Crippen LogP contribution in [0.5, 0.6) is 5.75 Å². The molecule has 2 aromatic heterocycles. The number of para-hydroxylation sites is 1. The lowest BCUT2D eigenvalue weighted by Gasteiger charge is -2.36. The molecule has 4 atom stereocenters. The van der Waals surface area contributed by atoms with Gasteiger partial charge in [-0.05, 0) is 48.6 Å². The number of nitrogen functional groups attached to an aromatic ring is 1. The van der Waals surface area contributed by atoms with Gasteiger partial charge in [0.15, 0.2) is 5.82 Å². The van der Waals surface area contributed by atoms with Gasteiger partial charge < -0.3 is 50.8 Å². The minimum Gasteiger partial charge on any atom is -0.507 e. The van der Waals surface area contributed by atoms with Gasteiger partial charge in [-0.15, -0.1) is 21.5 Å². The van der Waals surface area contributed by atoms with Gasteiger partial charge in [-0.25, -0.2) is 4.98 Å². The standard InChI is InChI=1S/C45H59N9O8S/c1-28(30-10-12-31(13-11-30)40-29(2)47-27-63-40)48-43(59)36-24-32(55)26-54(36)44(60)41(45(3,4)5)49-38(57)14-20-61-22-23-62-21-15-39(58)53-18-16-52(17-19-53)35-25-34(50-51-42(35)46)33-8-6-7-9-37(33)56/h6-13,25,27-28,32,36,41,55-56H,14-24,26H2,1-5H3,(H2,46,51)(H,48,59)(H,49,57)/t28-,32+,36-,41?/m0/s1. The number of aryl methyl sites for hydroxylation is 1. The van der Waals surface area contributed by atoms with Crippen molar-refractivity contribution in [1.29, 1.82) is 0 Å². The normalized spacial score (nSPS) is 17.7. The van der Waals surface area contributed by atoms with Gasteiger partial charge in [0.1, 0.15) is 17.8 Å². The van der Waals surface area contributed by atoms with Gasteiger partial charge in [0.25, 0.3) is 0 Å². The van der Waals surface area contributed by atoms with Crippen molar-refractivity contribution < 1.29 is 38.9 Å². The number of aliphatic hydroxyl groups is 1. The van der Waals surface area contributed by atoms with Crippen molar-refractivity contribution in [2.75, 3.05) is 69.8 Å². The van der Waals surface area contributed by atoms with Gasteiger partial charge in [0, 0.05) is 51.1 Å². The lowest BCUT2D eigenvalue weighted by atomic mass is 9.85. The van der Waals surface area contributed by atoms with E-state index in [-0.39, 0.29) is 87.6 Å². The number of benzene rings is 2. The molecular weight excluding hydrogens is 827 g/mol. The van der Waals surface area contributed by atoms with E-state index in [4.69, 9.17) is 15.2 Å².